The molecule has 1 heterocycles. The van der Waals surface area contributed by atoms with Gasteiger partial charge < -0.3 is 14.2 Å². The molecule has 0 spiro atoms. The zero-order valence-corrected chi connectivity index (χ0v) is 7.00. The third-order valence-electron chi connectivity index (χ3n) is 1.47. The Morgan fingerprint density at radius 3 is 2.91 bits per heavy atom. The second-order valence-corrected chi connectivity index (χ2v) is 2.95. The molecule has 1 saturated heterocycles. The Labute approximate surface area is 66.9 Å². The van der Waals surface area contributed by atoms with Gasteiger partial charge in [-0.15, -0.1) is 0 Å². The number of rotatable bonds is 3. The highest BCUT2D eigenvalue weighted by Crippen LogP contribution is 2.22. The lowest BCUT2D eigenvalue weighted by molar-refractivity contribution is -0.142. The van der Waals surface area contributed by atoms with Gasteiger partial charge in [-0.2, -0.15) is 0 Å². The van der Waals surface area contributed by atoms with Crippen molar-refractivity contribution in [1.82, 2.24) is 0 Å². The summed E-state index contributed by atoms with van der Waals surface area (Å²) in [5.74, 6) is -0.449. The van der Waals surface area contributed by atoms with Crippen LogP contribution in [0.2, 0.25) is 0 Å². The lowest BCUT2D eigenvalue weighted by Gasteiger charge is -2.16. The van der Waals surface area contributed by atoms with Crippen LogP contribution in [-0.4, -0.2) is 25.1 Å². The smallest absolute Gasteiger partial charge is 0.163 e. The predicted molar refractivity (Wildman–Crippen MR) is 41.1 cm³/mol. The average molecular weight is 158 g/mol. The molecule has 0 aromatic rings. The summed E-state index contributed by atoms with van der Waals surface area (Å²) in [6.45, 7) is 8.34. The Kier molecular flexibility index (Phi) is 2.52. The van der Waals surface area contributed by atoms with Gasteiger partial charge in [-0.05, 0) is 13.8 Å². The molecular formula is C8H14O3. The summed E-state index contributed by atoms with van der Waals surface area (Å²) in [5.41, 5.74) is 0. The SMILES string of the molecule is C=COC[C@H]1COC(C)(C)O1. The molecule has 11 heavy (non-hydrogen) atoms. The molecule has 0 N–H and O–H groups in total. The monoisotopic (exact) mass is 158 g/mol. The summed E-state index contributed by atoms with van der Waals surface area (Å²) < 4.78 is 15.7. The highest BCUT2D eigenvalue weighted by atomic mass is 16.7. The van der Waals surface area contributed by atoms with Crippen LogP contribution in [0.4, 0.5) is 0 Å². The van der Waals surface area contributed by atoms with Crippen molar-refractivity contribution in [1.29, 1.82) is 0 Å². The van der Waals surface area contributed by atoms with E-state index in [2.05, 4.69) is 6.58 Å². The summed E-state index contributed by atoms with van der Waals surface area (Å²) >= 11 is 0. The summed E-state index contributed by atoms with van der Waals surface area (Å²) in [5, 5.41) is 0. The van der Waals surface area contributed by atoms with Crippen molar-refractivity contribution >= 4 is 0 Å². The standard InChI is InChI=1S/C8H14O3/c1-4-9-5-7-6-10-8(2,3)11-7/h4,7H,1,5-6H2,2-3H3/t7-/m0/s1. The Morgan fingerprint density at radius 1 is 1.73 bits per heavy atom. The Hall–Kier alpha value is -0.540. The van der Waals surface area contributed by atoms with Crippen molar-refractivity contribution in [3.05, 3.63) is 12.8 Å². The van der Waals surface area contributed by atoms with Gasteiger partial charge >= 0.3 is 0 Å². The topological polar surface area (TPSA) is 27.7 Å². The first-order valence-corrected chi connectivity index (χ1v) is 3.68. The first-order valence-electron chi connectivity index (χ1n) is 3.68. The van der Waals surface area contributed by atoms with E-state index in [1.54, 1.807) is 0 Å². The predicted octanol–water partition coefficient (Wildman–Crippen LogP) is 1.30. The summed E-state index contributed by atoms with van der Waals surface area (Å²) in [6, 6.07) is 0. The second kappa shape index (κ2) is 3.24. The fourth-order valence-electron chi connectivity index (χ4n) is 1.02. The van der Waals surface area contributed by atoms with E-state index in [1.807, 2.05) is 13.8 Å². The lowest BCUT2D eigenvalue weighted by atomic mass is 10.4. The van der Waals surface area contributed by atoms with Crippen molar-refractivity contribution in [3.8, 4) is 0 Å². The van der Waals surface area contributed by atoms with Gasteiger partial charge in [0.1, 0.15) is 12.7 Å². The summed E-state index contributed by atoms with van der Waals surface area (Å²) in [6.07, 6.45) is 1.46. The van der Waals surface area contributed by atoms with E-state index in [0.29, 0.717) is 13.2 Å². The molecule has 3 heteroatoms. The van der Waals surface area contributed by atoms with Crippen molar-refractivity contribution in [2.75, 3.05) is 13.2 Å². The molecule has 1 aliphatic heterocycles. The van der Waals surface area contributed by atoms with Crippen LogP contribution in [-0.2, 0) is 14.2 Å². The van der Waals surface area contributed by atoms with Gasteiger partial charge in [-0.25, -0.2) is 0 Å². The number of hydrogen-bond acceptors (Lipinski definition) is 3. The van der Waals surface area contributed by atoms with Crippen molar-refractivity contribution in [2.45, 2.75) is 25.7 Å². The van der Waals surface area contributed by atoms with E-state index >= 15 is 0 Å². The molecule has 0 aromatic heterocycles. The van der Waals surface area contributed by atoms with Crippen LogP contribution in [0.3, 0.4) is 0 Å². The highest BCUT2D eigenvalue weighted by Gasteiger charge is 2.32. The maximum Gasteiger partial charge on any atom is 0.163 e. The molecule has 3 nitrogen and oxygen atoms in total. The minimum absolute atomic E-state index is 0.0444. The summed E-state index contributed by atoms with van der Waals surface area (Å²) in [4.78, 5) is 0. The molecule has 0 unspecified atom stereocenters. The molecule has 1 rings (SSSR count). The minimum atomic E-state index is -0.449. The van der Waals surface area contributed by atoms with E-state index in [0.717, 1.165) is 0 Å². The van der Waals surface area contributed by atoms with E-state index in [9.17, 15) is 0 Å². The lowest BCUT2D eigenvalue weighted by Crippen LogP contribution is -2.23. The van der Waals surface area contributed by atoms with E-state index in [4.69, 9.17) is 14.2 Å². The van der Waals surface area contributed by atoms with Crippen LogP contribution in [0.5, 0.6) is 0 Å². The third kappa shape index (κ3) is 2.52. The third-order valence-corrected chi connectivity index (χ3v) is 1.47. The van der Waals surface area contributed by atoms with Gasteiger partial charge in [0.25, 0.3) is 0 Å². The van der Waals surface area contributed by atoms with Crippen LogP contribution in [0.15, 0.2) is 12.8 Å². The van der Waals surface area contributed by atoms with Gasteiger partial charge in [0.2, 0.25) is 0 Å². The van der Waals surface area contributed by atoms with Crippen LogP contribution >= 0.6 is 0 Å². The van der Waals surface area contributed by atoms with Crippen LogP contribution in [0.1, 0.15) is 13.8 Å². The molecule has 1 aliphatic rings. The van der Waals surface area contributed by atoms with Gasteiger partial charge in [0.05, 0.1) is 12.9 Å². The van der Waals surface area contributed by atoms with Crippen LogP contribution in [0, 0.1) is 0 Å². The molecule has 1 fully saturated rings. The molecule has 0 saturated carbocycles. The second-order valence-electron chi connectivity index (χ2n) is 2.95. The average Bonchev–Trinajstić information content (AvgIpc) is 2.26. The maximum atomic E-state index is 5.46. The molecule has 1 atom stereocenters. The molecule has 0 radical (unpaired) electrons. The van der Waals surface area contributed by atoms with Crippen molar-refractivity contribution in [3.63, 3.8) is 0 Å². The van der Waals surface area contributed by atoms with Crippen molar-refractivity contribution in [2.24, 2.45) is 0 Å². The van der Waals surface area contributed by atoms with Crippen molar-refractivity contribution < 1.29 is 14.2 Å². The normalized spacial score (nSPS) is 28.4. The highest BCUT2D eigenvalue weighted by molar-refractivity contribution is 4.70. The molecular weight excluding hydrogens is 144 g/mol. The first kappa shape index (κ1) is 8.56. The van der Waals surface area contributed by atoms with Gasteiger partial charge in [-0.3, -0.25) is 0 Å². The largest absolute Gasteiger partial charge is 0.499 e. The fourth-order valence-corrected chi connectivity index (χ4v) is 1.02. The van der Waals surface area contributed by atoms with Gasteiger partial charge in [-0.1, -0.05) is 6.58 Å². The van der Waals surface area contributed by atoms with Gasteiger partial charge in [0.15, 0.2) is 5.79 Å². The Balaban J connectivity index is 2.24. The van der Waals surface area contributed by atoms with E-state index < -0.39 is 5.79 Å². The molecule has 64 valence electrons. The maximum absolute atomic E-state index is 5.46. The van der Waals surface area contributed by atoms with E-state index in [1.165, 1.54) is 6.26 Å². The van der Waals surface area contributed by atoms with Crippen LogP contribution in [0.25, 0.3) is 0 Å². The molecule has 0 aliphatic carbocycles. The first-order chi connectivity index (χ1) is 5.14. The zero-order chi connectivity index (χ0) is 8.32. The molecule has 0 bridgehead atoms. The van der Waals surface area contributed by atoms with E-state index in [-0.39, 0.29) is 6.10 Å². The Bertz CT molecular complexity index is 142. The Morgan fingerprint density at radius 2 is 2.45 bits per heavy atom. The number of ether oxygens (including phenoxy) is 3. The summed E-state index contributed by atoms with van der Waals surface area (Å²) in [7, 11) is 0. The van der Waals surface area contributed by atoms with Crippen LogP contribution < -0.4 is 0 Å². The zero-order valence-electron chi connectivity index (χ0n) is 7.00. The minimum Gasteiger partial charge on any atom is -0.499 e. The number of hydrogen-bond donors (Lipinski definition) is 0. The van der Waals surface area contributed by atoms with Gasteiger partial charge in [0, 0.05) is 0 Å². The molecule has 0 amide bonds. The quantitative estimate of drug-likeness (QED) is 0.579. The molecule has 0 aromatic carbocycles. The fraction of sp³-hybridized carbons (Fsp3) is 0.750.